The van der Waals surface area contributed by atoms with Crippen LogP contribution in [0.4, 0.5) is 4.79 Å². The quantitative estimate of drug-likeness (QED) is 0.625. The van der Waals surface area contributed by atoms with E-state index in [1.807, 2.05) is 45.2 Å². The largest absolute Gasteiger partial charge is 0.443 e. The molecule has 26 heavy (non-hydrogen) atoms. The third kappa shape index (κ3) is 4.04. The number of nitrogens with zero attached hydrogens (tertiary/aromatic N) is 2. The van der Waals surface area contributed by atoms with Crippen LogP contribution in [-0.4, -0.2) is 40.8 Å². The maximum absolute atomic E-state index is 12.7. The number of carbonyl (C=O) groups excluding carboxylic acids is 1. The zero-order chi connectivity index (χ0) is 19.1. The molecule has 3 rings (SSSR count). The van der Waals surface area contributed by atoms with Crippen molar-refractivity contribution in [1.29, 1.82) is 0 Å². The average Bonchev–Trinajstić information content (AvgIpc) is 2.89. The van der Waals surface area contributed by atoms with E-state index in [1.165, 1.54) is 0 Å². The predicted octanol–water partition coefficient (Wildman–Crippen LogP) is 5.24. The number of fused-ring (bicyclic) bond motifs is 1. The van der Waals surface area contributed by atoms with E-state index in [9.17, 15) is 4.79 Å². The van der Waals surface area contributed by atoms with Gasteiger partial charge in [-0.25, -0.2) is 4.79 Å². The van der Waals surface area contributed by atoms with Gasteiger partial charge in [-0.05, 0) is 57.9 Å². The van der Waals surface area contributed by atoms with Crippen molar-refractivity contribution in [2.24, 2.45) is 5.92 Å². The molecule has 2 aromatic rings. The Morgan fingerprint density at radius 1 is 1.31 bits per heavy atom. The first-order chi connectivity index (χ1) is 12.2. The monoisotopic (exact) mass is 418 g/mol. The Morgan fingerprint density at radius 3 is 2.69 bits per heavy atom. The maximum atomic E-state index is 12.7. The van der Waals surface area contributed by atoms with Gasteiger partial charge in [-0.15, -0.1) is 0 Å². The van der Waals surface area contributed by atoms with Crippen LogP contribution in [0.2, 0.25) is 0 Å². The van der Waals surface area contributed by atoms with Crippen molar-refractivity contribution in [3.63, 3.8) is 0 Å². The predicted molar refractivity (Wildman–Crippen MR) is 110 cm³/mol. The van der Waals surface area contributed by atoms with Crippen molar-refractivity contribution in [1.82, 2.24) is 9.47 Å². The van der Waals surface area contributed by atoms with Gasteiger partial charge in [0.15, 0.2) is 0 Å². The normalized spacial score (nSPS) is 21.3. The number of likely N-dealkylation sites (N-methyl/N-ethyl adjacent to an activating group) is 1. The lowest BCUT2D eigenvalue weighted by atomic mass is 9.97. The maximum Gasteiger partial charge on any atom is 0.419 e. The Bertz CT molecular complexity index is 848. The Balaban J connectivity index is 2.01. The van der Waals surface area contributed by atoms with Crippen molar-refractivity contribution in [3.05, 3.63) is 46.6 Å². The number of hydrogen-bond acceptors (Lipinski definition) is 3. The topological polar surface area (TPSA) is 34.5 Å². The van der Waals surface area contributed by atoms with Gasteiger partial charge < -0.3 is 4.74 Å². The molecule has 0 bridgehead atoms. The SMILES string of the molecule is C[C@H]1C=C[C@@H](Cc2cn(C(=O)OC(C)(C)C)c3cccc(Br)c23)N(C)C1. The Hall–Kier alpha value is -1.59. The highest BCUT2D eigenvalue weighted by molar-refractivity contribution is 9.10. The lowest BCUT2D eigenvalue weighted by Crippen LogP contribution is -2.37. The van der Waals surface area contributed by atoms with Crippen LogP contribution < -0.4 is 0 Å². The van der Waals surface area contributed by atoms with Crippen molar-refractivity contribution in [2.75, 3.05) is 13.6 Å². The van der Waals surface area contributed by atoms with Gasteiger partial charge in [0.25, 0.3) is 0 Å². The molecule has 0 N–H and O–H groups in total. The summed E-state index contributed by atoms with van der Waals surface area (Å²) in [6.07, 6.45) is 7.01. The fraction of sp³-hybridized carbons (Fsp3) is 0.476. The van der Waals surface area contributed by atoms with E-state index in [4.69, 9.17) is 4.74 Å². The molecular formula is C21H27BrN2O2. The molecule has 0 fully saturated rings. The average molecular weight is 419 g/mol. The lowest BCUT2D eigenvalue weighted by molar-refractivity contribution is 0.0544. The molecule has 5 heteroatoms. The van der Waals surface area contributed by atoms with Gasteiger partial charge in [0.05, 0.1) is 5.52 Å². The summed E-state index contributed by atoms with van der Waals surface area (Å²) in [6, 6.07) is 6.27. The van der Waals surface area contributed by atoms with E-state index in [0.29, 0.717) is 12.0 Å². The van der Waals surface area contributed by atoms with Crippen LogP contribution in [0.15, 0.2) is 41.0 Å². The summed E-state index contributed by atoms with van der Waals surface area (Å²) in [6.45, 7) is 8.93. The van der Waals surface area contributed by atoms with E-state index in [-0.39, 0.29) is 6.09 Å². The molecule has 1 aliphatic heterocycles. The highest BCUT2D eigenvalue weighted by Crippen LogP contribution is 2.31. The van der Waals surface area contributed by atoms with Gasteiger partial charge in [-0.2, -0.15) is 0 Å². The van der Waals surface area contributed by atoms with Gasteiger partial charge in [0.2, 0.25) is 0 Å². The summed E-state index contributed by atoms with van der Waals surface area (Å²) in [5, 5.41) is 1.08. The molecule has 0 spiro atoms. The molecule has 140 valence electrons. The molecule has 1 aromatic carbocycles. The first-order valence-corrected chi connectivity index (χ1v) is 9.85. The molecule has 0 unspecified atom stereocenters. The molecule has 1 aromatic heterocycles. The number of ether oxygens (including phenoxy) is 1. The van der Waals surface area contributed by atoms with Crippen LogP contribution in [0.25, 0.3) is 10.9 Å². The lowest BCUT2D eigenvalue weighted by Gasteiger charge is -2.31. The third-order valence-electron chi connectivity index (χ3n) is 4.68. The summed E-state index contributed by atoms with van der Waals surface area (Å²) in [4.78, 5) is 15.1. The minimum Gasteiger partial charge on any atom is -0.443 e. The first kappa shape index (κ1) is 19.2. The van der Waals surface area contributed by atoms with Gasteiger partial charge in [-0.1, -0.05) is 41.1 Å². The second-order valence-electron chi connectivity index (χ2n) is 8.21. The van der Waals surface area contributed by atoms with E-state index in [1.54, 1.807) is 4.57 Å². The highest BCUT2D eigenvalue weighted by atomic mass is 79.9. The van der Waals surface area contributed by atoms with Crippen LogP contribution >= 0.6 is 15.9 Å². The second-order valence-corrected chi connectivity index (χ2v) is 9.07. The first-order valence-electron chi connectivity index (χ1n) is 9.06. The zero-order valence-corrected chi connectivity index (χ0v) is 17.7. The minimum absolute atomic E-state index is 0.330. The van der Waals surface area contributed by atoms with E-state index >= 15 is 0 Å². The molecule has 4 nitrogen and oxygen atoms in total. The van der Waals surface area contributed by atoms with E-state index in [2.05, 4.69) is 47.0 Å². The van der Waals surface area contributed by atoms with Gasteiger partial charge in [0, 0.05) is 28.6 Å². The Morgan fingerprint density at radius 2 is 2.04 bits per heavy atom. The van der Waals surface area contributed by atoms with Gasteiger partial charge in [0.1, 0.15) is 5.60 Å². The number of carbonyl (C=O) groups is 1. The third-order valence-corrected chi connectivity index (χ3v) is 5.34. The molecule has 0 saturated heterocycles. The van der Waals surface area contributed by atoms with Crippen molar-refractivity contribution in [2.45, 2.75) is 45.8 Å². The Labute approximate surface area is 163 Å². The number of rotatable bonds is 2. The molecule has 2 heterocycles. The molecule has 2 atom stereocenters. The fourth-order valence-electron chi connectivity index (χ4n) is 3.50. The zero-order valence-electron chi connectivity index (χ0n) is 16.1. The van der Waals surface area contributed by atoms with E-state index < -0.39 is 5.60 Å². The molecular weight excluding hydrogens is 392 g/mol. The molecule has 0 saturated carbocycles. The molecule has 1 aliphatic rings. The standard InChI is InChI=1S/C21H27BrN2O2/c1-14-9-10-16(23(5)12-14)11-15-13-24(20(25)26-21(2,3)4)18-8-6-7-17(22)19(15)18/h6-10,13-14,16H,11-12H2,1-5H3/t14-,16-/m0/s1. The van der Waals surface area contributed by atoms with Gasteiger partial charge in [-0.3, -0.25) is 9.47 Å². The van der Waals surface area contributed by atoms with Gasteiger partial charge >= 0.3 is 6.09 Å². The molecule has 0 radical (unpaired) electrons. The molecule has 0 aliphatic carbocycles. The van der Waals surface area contributed by atoms with Crippen LogP contribution in [0.3, 0.4) is 0 Å². The summed E-state index contributed by atoms with van der Waals surface area (Å²) in [5.74, 6) is 0.575. The number of halogens is 1. The summed E-state index contributed by atoms with van der Waals surface area (Å²) in [7, 11) is 2.16. The summed E-state index contributed by atoms with van der Waals surface area (Å²) >= 11 is 3.66. The van der Waals surface area contributed by atoms with E-state index in [0.717, 1.165) is 33.9 Å². The van der Waals surface area contributed by atoms with Crippen molar-refractivity contribution < 1.29 is 9.53 Å². The Kier molecular flexibility index (Phi) is 5.31. The van der Waals surface area contributed by atoms with Crippen LogP contribution in [0.1, 0.15) is 33.3 Å². The number of benzene rings is 1. The van der Waals surface area contributed by atoms with Crippen molar-refractivity contribution >= 4 is 32.9 Å². The fourth-order valence-corrected chi connectivity index (χ4v) is 4.11. The number of aromatic nitrogens is 1. The van der Waals surface area contributed by atoms with Crippen LogP contribution in [0, 0.1) is 5.92 Å². The number of hydrogen-bond donors (Lipinski definition) is 0. The van der Waals surface area contributed by atoms with Crippen LogP contribution in [-0.2, 0) is 11.2 Å². The van der Waals surface area contributed by atoms with Crippen LogP contribution in [0.5, 0.6) is 0 Å². The second kappa shape index (κ2) is 7.20. The summed E-state index contributed by atoms with van der Waals surface area (Å²) in [5.41, 5.74) is 1.50. The summed E-state index contributed by atoms with van der Waals surface area (Å²) < 4.78 is 8.23. The molecule has 0 amide bonds. The minimum atomic E-state index is -0.525. The van der Waals surface area contributed by atoms with Crippen molar-refractivity contribution in [3.8, 4) is 0 Å². The smallest absolute Gasteiger partial charge is 0.419 e. The highest BCUT2D eigenvalue weighted by Gasteiger charge is 2.24.